The van der Waals surface area contributed by atoms with Crippen molar-refractivity contribution in [3.05, 3.63) is 24.0 Å². The molecule has 118 valence electrons. The molecule has 0 aromatic carbocycles. The van der Waals surface area contributed by atoms with E-state index in [1.165, 1.54) is 6.20 Å². The third kappa shape index (κ3) is 2.49. The normalized spacial score (nSPS) is 17.5. The van der Waals surface area contributed by atoms with Crippen molar-refractivity contribution in [1.29, 1.82) is 0 Å². The number of primary amides is 1. The SMILES string of the molecule is CC.CC1CCN(c2cc3c(N)c(C(N)=O)cnn3c2)C1=O. The van der Waals surface area contributed by atoms with Gasteiger partial charge in [-0.3, -0.25) is 9.59 Å². The van der Waals surface area contributed by atoms with Crippen molar-refractivity contribution < 1.29 is 9.59 Å². The number of carbonyl (C=O) groups is 2. The predicted octanol–water partition coefficient (Wildman–Crippen LogP) is 1.41. The van der Waals surface area contributed by atoms with Crippen molar-refractivity contribution in [1.82, 2.24) is 9.61 Å². The zero-order valence-corrected chi connectivity index (χ0v) is 13.0. The van der Waals surface area contributed by atoms with Crippen molar-refractivity contribution in [3.8, 4) is 0 Å². The summed E-state index contributed by atoms with van der Waals surface area (Å²) in [6, 6.07) is 1.75. The summed E-state index contributed by atoms with van der Waals surface area (Å²) in [4.78, 5) is 25.0. The number of anilines is 2. The maximum Gasteiger partial charge on any atom is 0.252 e. The number of nitrogens with two attached hydrogens (primary N) is 2. The standard InChI is InChI=1S/C13H15N5O2.C2H6/c1-7-2-3-17(13(7)20)8-4-10-11(14)9(12(15)19)5-16-18(10)6-8;1-2/h4-7H,2-3,14H2,1H3,(H2,15,19);1-2H3. The first-order chi connectivity index (χ1) is 10.5. The summed E-state index contributed by atoms with van der Waals surface area (Å²) in [5, 5.41) is 4.10. The van der Waals surface area contributed by atoms with Gasteiger partial charge in [0.2, 0.25) is 5.91 Å². The fourth-order valence-corrected chi connectivity index (χ4v) is 2.49. The van der Waals surface area contributed by atoms with Crippen LogP contribution in [0.5, 0.6) is 0 Å². The molecule has 1 fully saturated rings. The van der Waals surface area contributed by atoms with E-state index in [4.69, 9.17) is 11.5 Å². The molecule has 0 saturated carbocycles. The number of fused-ring (bicyclic) bond motifs is 1. The Bertz CT molecular complexity index is 722. The molecule has 3 heterocycles. The first-order valence-corrected chi connectivity index (χ1v) is 7.37. The van der Waals surface area contributed by atoms with Gasteiger partial charge in [0.15, 0.2) is 0 Å². The second kappa shape index (κ2) is 6.05. The van der Waals surface area contributed by atoms with Crippen molar-refractivity contribution in [3.63, 3.8) is 0 Å². The van der Waals surface area contributed by atoms with E-state index in [1.807, 2.05) is 20.8 Å². The summed E-state index contributed by atoms with van der Waals surface area (Å²) in [5.41, 5.74) is 12.9. The Morgan fingerprint density at radius 1 is 1.41 bits per heavy atom. The third-order valence-electron chi connectivity index (χ3n) is 3.71. The molecule has 2 aromatic heterocycles. The molecule has 2 aromatic rings. The van der Waals surface area contributed by atoms with Crippen molar-refractivity contribution in [2.45, 2.75) is 27.2 Å². The third-order valence-corrected chi connectivity index (χ3v) is 3.71. The zero-order valence-electron chi connectivity index (χ0n) is 13.0. The van der Waals surface area contributed by atoms with Crippen LogP contribution in [0, 0.1) is 5.92 Å². The highest BCUT2D eigenvalue weighted by Crippen LogP contribution is 2.29. The summed E-state index contributed by atoms with van der Waals surface area (Å²) < 4.78 is 1.55. The molecule has 0 bridgehead atoms. The van der Waals surface area contributed by atoms with E-state index in [0.717, 1.165) is 12.1 Å². The largest absolute Gasteiger partial charge is 0.396 e. The van der Waals surface area contributed by atoms with Crippen LogP contribution in [0.15, 0.2) is 18.5 Å². The Balaban J connectivity index is 0.000000847. The highest BCUT2D eigenvalue weighted by molar-refractivity contribution is 6.02. The fraction of sp³-hybridized carbons (Fsp3) is 0.400. The lowest BCUT2D eigenvalue weighted by Crippen LogP contribution is -2.25. The Kier molecular flexibility index (Phi) is 4.35. The van der Waals surface area contributed by atoms with Gasteiger partial charge in [0, 0.05) is 12.5 Å². The maximum absolute atomic E-state index is 12.0. The highest BCUT2D eigenvalue weighted by atomic mass is 16.2. The van der Waals surface area contributed by atoms with Crippen LogP contribution in [0.4, 0.5) is 11.4 Å². The summed E-state index contributed by atoms with van der Waals surface area (Å²) in [7, 11) is 0. The van der Waals surface area contributed by atoms with Gasteiger partial charge in [-0.15, -0.1) is 0 Å². The Morgan fingerprint density at radius 2 is 2.09 bits per heavy atom. The van der Waals surface area contributed by atoms with E-state index in [0.29, 0.717) is 12.1 Å². The molecule has 0 spiro atoms. The summed E-state index contributed by atoms with van der Waals surface area (Å²) in [5.74, 6) is -0.495. The predicted molar refractivity (Wildman–Crippen MR) is 85.6 cm³/mol. The molecule has 1 aliphatic rings. The monoisotopic (exact) mass is 303 g/mol. The maximum atomic E-state index is 12.0. The van der Waals surface area contributed by atoms with Crippen LogP contribution in [-0.4, -0.2) is 28.0 Å². The van der Waals surface area contributed by atoms with Crippen LogP contribution in [0.25, 0.3) is 5.52 Å². The molecule has 7 heteroatoms. The number of carbonyl (C=O) groups excluding carboxylic acids is 2. The van der Waals surface area contributed by atoms with E-state index in [2.05, 4.69) is 5.10 Å². The highest BCUT2D eigenvalue weighted by Gasteiger charge is 2.30. The average molecular weight is 303 g/mol. The van der Waals surface area contributed by atoms with Gasteiger partial charge in [-0.2, -0.15) is 5.10 Å². The lowest BCUT2D eigenvalue weighted by atomic mass is 10.1. The van der Waals surface area contributed by atoms with Crippen LogP contribution in [-0.2, 0) is 4.79 Å². The minimum absolute atomic E-state index is 0.0319. The molecule has 3 rings (SSSR count). The number of nitrogens with zero attached hydrogens (tertiary/aromatic N) is 3. The summed E-state index contributed by atoms with van der Waals surface area (Å²) in [6.07, 6.45) is 3.90. The minimum atomic E-state index is -0.619. The molecule has 0 aliphatic carbocycles. The summed E-state index contributed by atoms with van der Waals surface area (Å²) >= 11 is 0. The van der Waals surface area contributed by atoms with Crippen LogP contribution in [0.3, 0.4) is 0 Å². The summed E-state index contributed by atoms with van der Waals surface area (Å²) in [6.45, 7) is 6.59. The number of rotatable bonds is 2. The molecule has 1 saturated heterocycles. The van der Waals surface area contributed by atoms with Gasteiger partial charge in [0.05, 0.1) is 34.8 Å². The average Bonchev–Trinajstić information content (AvgIpc) is 3.06. The zero-order chi connectivity index (χ0) is 16.4. The van der Waals surface area contributed by atoms with E-state index >= 15 is 0 Å². The minimum Gasteiger partial charge on any atom is -0.396 e. The number of hydrogen-bond acceptors (Lipinski definition) is 4. The lowest BCUT2D eigenvalue weighted by Gasteiger charge is -2.13. The second-order valence-electron chi connectivity index (χ2n) is 5.04. The first-order valence-electron chi connectivity index (χ1n) is 7.37. The smallest absolute Gasteiger partial charge is 0.252 e. The Labute approximate surface area is 128 Å². The van der Waals surface area contributed by atoms with Crippen LogP contribution >= 0.6 is 0 Å². The molecule has 0 radical (unpaired) electrons. The molecular formula is C15H21N5O2. The lowest BCUT2D eigenvalue weighted by molar-refractivity contribution is -0.119. The fourth-order valence-electron chi connectivity index (χ4n) is 2.49. The Hall–Kier alpha value is -2.57. The topological polar surface area (TPSA) is 107 Å². The molecule has 7 nitrogen and oxygen atoms in total. The quantitative estimate of drug-likeness (QED) is 0.874. The molecule has 1 atom stereocenters. The van der Waals surface area contributed by atoms with E-state index < -0.39 is 5.91 Å². The van der Waals surface area contributed by atoms with Gasteiger partial charge >= 0.3 is 0 Å². The molecule has 4 N–H and O–H groups in total. The molecule has 1 unspecified atom stereocenters. The number of nitrogen functional groups attached to an aromatic ring is 1. The van der Waals surface area contributed by atoms with E-state index in [1.54, 1.807) is 21.7 Å². The van der Waals surface area contributed by atoms with E-state index in [9.17, 15) is 9.59 Å². The first kappa shape index (κ1) is 15.8. The molecule has 2 amide bonds. The second-order valence-corrected chi connectivity index (χ2v) is 5.04. The van der Waals surface area contributed by atoms with Crippen molar-refractivity contribution in [2.24, 2.45) is 11.7 Å². The van der Waals surface area contributed by atoms with Gasteiger partial charge < -0.3 is 16.4 Å². The number of amides is 2. The van der Waals surface area contributed by atoms with Gasteiger partial charge in [0.1, 0.15) is 0 Å². The molecule has 22 heavy (non-hydrogen) atoms. The van der Waals surface area contributed by atoms with Crippen molar-refractivity contribution in [2.75, 3.05) is 17.2 Å². The van der Waals surface area contributed by atoms with Gasteiger partial charge in [0.25, 0.3) is 5.91 Å². The molecule has 1 aliphatic heterocycles. The number of aromatic nitrogens is 2. The Morgan fingerprint density at radius 3 is 2.64 bits per heavy atom. The molecular weight excluding hydrogens is 282 g/mol. The number of hydrogen-bond donors (Lipinski definition) is 2. The van der Waals surface area contributed by atoms with Gasteiger partial charge in [-0.05, 0) is 12.5 Å². The van der Waals surface area contributed by atoms with Crippen LogP contribution < -0.4 is 16.4 Å². The van der Waals surface area contributed by atoms with Gasteiger partial charge in [-0.1, -0.05) is 20.8 Å². The van der Waals surface area contributed by atoms with Crippen LogP contribution in [0.1, 0.15) is 37.6 Å². The van der Waals surface area contributed by atoms with E-state index in [-0.39, 0.29) is 23.1 Å². The van der Waals surface area contributed by atoms with Crippen molar-refractivity contribution >= 4 is 28.7 Å². The van der Waals surface area contributed by atoms with Gasteiger partial charge in [-0.25, -0.2) is 4.52 Å². The van der Waals surface area contributed by atoms with Crippen LogP contribution in [0.2, 0.25) is 0 Å².